The Hall–Kier alpha value is -4.52. The summed E-state index contributed by atoms with van der Waals surface area (Å²) in [6.45, 7) is 4.83. The van der Waals surface area contributed by atoms with E-state index in [1.165, 1.54) is 25.3 Å². The molecule has 0 unspecified atom stereocenters. The third kappa shape index (κ3) is 18.0. The minimum absolute atomic E-state index is 0.00995. The Kier molecular flexibility index (Phi) is 21.3. The van der Waals surface area contributed by atoms with Crippen LogP contribution < -0.4 is 42.8 Å². The lowest BCUT2D eigenvalue weighted by Gasteiger charge is -2.25. The Morgan fingerprint density at radius 1 is 0.816 bits per heavy atom. The largest absolute Gasteiger partial charge is 0.483 e. The van der Waals surface area contributed by atoms with Crippen molar-refractivity contribution < 1.29 is 52.5 Å². The highest BCUT2D eigenvalue weighted by Crippen LogP contribution is 2.25. The molecule has 0 aliphatic carbocycles. The first-order valence-corrected chi connectivity index (χ1v) is 15.8. The Bertz CT molecular complexity index is 1220. The number of hydrogen-bond acceptors (Lipinski definition) is 12. The van der Waals surface area contributed by atoms with Gasteiger partial charge in [-0.2, -0.15) is 0 Å². The molecule has 0 saturated heterocycles. The lowest BCUT2D eigenvalue weighted by molar-refractivity contribution is -0.134. The number of hydrogen-bond donors (Lipinski definition) is 7. The topological polar surface area (TPSA) is 261 Å². The minimum atomic E-state index is -1.13. The highest BCUT2D eigenvalue weighted by atomic mass is 16.5. The number of methoxy groups -OCH3 is 2. The first kappa shape index (κ1) is 42.5. The summed E-state index contributed by atoms with van der Waals surface area (Å²) in [7, 11) is 2.74. The zero-order chi connectivity index (χ0) is 36.6. The van der Waals surface area contributed by atoms with Crippen molar-refractivity contribution in [3.63, 3.8) is 0 Å². The van der Waals surface area contributed by atoms with Crippen molar-refractivity contribution in [2.75, 3.05) is 78.8 Å². The fourth-order valence-corrected chi connectivity index (χ4v) is 4.08. The molecule has 1 aromatic rings. The molecular weight excluding hydrogens is 646 g/mol. The number of nitrogens with two attached hydrogens (primary N) is 2. The number of nitrogens with one attached hydrogen (secondary N) is 5. The van der Waals surface area contributed by atoms with Crippen LogP contribution in [0.2, 0.25) is 0 Å². The molecule has 0 spiro atoms. The molecular formula is C31H51N7O11. The Labute approximate surface area is 286 Å². The second-order valence-corrected chi connectivity index (χ2v) is 10.9. The Morgan fingerprint density at radius 2 is 1.51 bits per heavy atom. The third-order valence-corrected chi connectivity index (χ3v) is 6.62. The molecule has 0 radical (unpaired) electrons. The van der Waals surface area contributed by atoms with Crippen molar-refractivity contribution in [2.45, 2.75) is 45.2 Å². The van der Waals surface area contributed by atoms with E-state index in [2.05, 4.69) is 26.6 Å². The van der Waals surface area contributed by atoms with Gasteiger partial charge in [-0.1, -0.05) is 13.8 Å². The van der Waals surface area contributed by atoms with Crippen molar-refractivity contribution in [3.05, 3.63) is 23.8 Å². The highest BCUT2D eigenvalue weighted by Gasteiger charge is 2.29. The normalized spacial score (nSPS) is 12.0. The van der Waals surface area contributed by atoms with Crippen molar-refractivity contribution in [2.24, 2.45) is 17.4 Å². The summed E-state index contributed by atoms with van der Waals surface area (Å²) in [6.07, 6.45) is 0.909. The van der Waals surface area contributed by atoms with Crippen molar-refractivity contribution >= 4 is 41.3 Å². The van der Waals surface area contributed by atoms with Gasteiger partial charge >= 0.3 is 12.0 Å². The first-order valence-electron chi connectivity index (χ1n) is 15.8. The Balaban J connectivity index is 3.04. The number of amides is 6. The molecule has 0 fully saturated rings. The third-order valence-electron chi connectivity index (χ3n) is 6.62. The van der Waals surface area contributed by atoms with E-state index in [9.17, 15) is 28.8 Å². The zero-order valence-electron chi connectivity index (χ0n) is 28.6. The van der Waals surface area contributed by atoms with Gasteiger partial charge in [-0.25, -0.2) is 9.59 Å². The molecule has 18 nitrogen and oxygen atoms in total. The van der Waals surface area contributed by atoms with Crippen LogP contribution in [0.3, 0.4) is 0 Å². The van der Waals surface area contributed by atoms with Crippen molar-refractivity contribution in [3.8, 4) is 5.75 Å². The van der Waals surface area contributed by atoms with E-state index in [1.807, 2.05) is 0 Å². The van der Waals surface area contributed by atoms with Crippen molar-refractivity contribution in [1.82, 2.24) is 21.3 Å². The number of rotatable bonds is 25. The molecule has 18 heteroatoms. The average molecular weight is 698 g/mol. The predicted molar refractivity (Wildman–Crippen MR) is 178 cm³/mol. The quantitative estimate of drug-likeness (QED) is 0.0480. The average Bonchev–Trinajstić information content (AvgIpc) is 3.06. The summed E-state index contributed by atoms with van der Waals surface area (Å²) >= 11 is 0. The maximum atomic E-state index is 13.5. The number of carbonyl (C=O) groups is 6. The number of urea groups is 1. The van der Waals surface area contributed by atoms with Gasteiger partial charge in [-0.05, 0) is 43.9 Å². The number of anilines is 1. The summed E-state index contributed by atoms with van der Waals surface area (Å²) in [5.74, 6) is -3.38. The summed E-state index contributed by atoms with van der Waals surface area (Å²) in [6, 6.07) is 1.23. The van der Waals surface area contributed by atoms with E-state index in [-0.39, 0.29) is 62.1 Å². The van der Waals surface area contributed by atoms with Crippen LogP contribution in [0.5, 0.6) is 5.75 Å². The van der Waals surface area contributed by atoms with Crippen LogP contribution in [0.15, 0.2) is 18.2 Å². The molecule has 1 aromatic carbocycles. The molecule has 0 saturated carbocycles. The lowest BCUT2D eigenvalue weighted by atomic mass is 10.0. The lowest BCUT2D eigenvalue weighted by Crippen LogP contribution is -2.55. The summed E-state index contributed by atoms with van der Waals surface area (Å²) < 4.78 is 25.8. The van der Waals surface area contributed by atoms with Crippen LogP contribution >= 0.6 is 0 Å². The maximum Gasteiger partial charge on any atom is 0.341 e. The summed E-state index contributed by atoms with van der Waals surface area (Å²) in [4.78, 5) is 75.0. The minimum Gasteiger partial charge on any atom is -0.483 e. The van der Waals surface area contributed by atoms with E-state index >= 15 is 0 Å². The van der Waals surface area contributed by atoms with Gasteiger partial charge in [-0.15, -0.1) is 0 Å². The van der Waals surface area contributed by atoms with E-state index in [0.29, 0.717) is 32.7 Å². The second kappa shape index (κ2) is 24.6. The summed E-state index contributed by atoms with van der Waals surface area (Å²) in [5.41, 5.74) is 10.8. The molecule has 0 aliphatic heterocycles. The standard InChI is InChI=1S/C31H51N7O11/c1-20(2)27(38-26(40)18-48-16-15-47-14-13-45-3)29(42)37-23(7-5-11-35-31(33)44)28(41)36-21-8-9-22(30(43)46-4)24(17-21)49-19-25(39)34-12-6-10-32/h8-9,17,20,23,27H,5-7,10-16,18-19,32H2,1-4H3,(H,34,39)(H,36,41)(H,37,42)(H,38,40)(H3,33,35,44)/t23-,27-/m0/s1. The van der Waals surface area contributed by atoms with Gasteiger partial charge in [-0.3, -0.25) is 19.2 Å². The van der Waals surface area contributed by atoms with E-state index in [1.54, 1.807) is 21.0 Å². The zero-order valence-corrected chi connectivity index (χ0v) is 28.6. The van der Waals surface area contributed by atoms with Crippen LogP contribution in [0.1, 0.15) is 43.5 Å². The summed E-state index contributed by atoms with van der Waals surface area (Å²) in [5, 5.41) is 13.0. The van der Waals surface area contributed by atoms with Crippen LogP contribution in [0.25, 0.3) is 0 Å². The van der Waals surface area contributed by atoms with Gasteiger partial charge in [0.25, 0.3) is 5.91 Å². The number of esters is 1. The fourth-order valence-electron chi connectivity index (χ4n) is 4.08. The van der Waals surface area contributed by atoms with E-state index in [4.69, 9.17) is 35.2 Å². The SMILES string of the molecule is COCCOCCOCC(=O)N[C@H](C(=O)N[C@@H](CCCNC(N)=O)C(=O)Nc1ccc(C(=O)OC)c(OCC(=O)NCCCN)c1)C(C)C. The first-order chi connectivity index (χ1) is 23.4. The molecule has 0 aromatic heterocycles. The van der Waals surface area contributed by atoms with Gasteiger partial charge in [0.15, 0.2) is 6.61 Å². The highest BCUT2D eigenvalue weighted by molar-refractivity contribution is 5.99. The van der Waals surface area contributed by atoms with Gasteiger partial charge < -0.3 is 61.7 Å². The molecule has 49 heavy (non-hydrogen) atoms. The monoisotopic (exact) mass is 697 g/mol. The molecule has 6 amide bonds. The van der Waals surface area contributed by atoms with Crippen molar-refractivity contribution in [1.29, 1.82) is 0 Å². The van der Waals surface area contributed by atoms with Gasteiger partial charge in [0.05, 0.1) is 33.5 Å². The molecule has 0 bridgehead atoms. The van der Waals surface area contributed by atoms with E-state index < -0.39 is 54.3 Å². The van der Waals surface area contributed by atoms with Gasteiger partial charge in [0, 0.05) is 32.0 Å². The maximum absolute atomic E-state index is 13.5. The molecule has 9 N–H and O–H groups in total. The smallest absolute Gasteiger partial charge is 0.341 e. The molecule has 0 heterocycles. The number of ether oxygens (including phenoxy) is 5. The van der Waals surface area contributed by atoms with Crippen LogP contribution in [-0.4, -0.2) is 121 Å². The fraction of sp³-hybridized carbons (Fsp3) is 0.613. The van der Waals surface area contributed by atoms with Gasteiger partial charge in [0.1, 0.15) is 30.0 Å². The number of benzene rings is 1. The second-order valence-electron chi connectivity index (χ2n) is 10.9. The molecule has 2 atom stereocenters. The van der Waals surface area contributed by atoms with Crippen LogP contribution in [-0.2, 0) is 38.1 Å². The predicted octanol–water partition coefficient (Wildman–Crippen LogP) is -0.991. The van der Waals surface area contributed by atoms with Gasteiger partial charge in [0.2, 0.25) is 17.7 Å². The molecule has 0 aliphatic rings. The molecule has 1 rings (SSSR count). The number of primary amides is 1. The number of carbonyl (C=O) groups excluding carboxylic acids is 6. The Morgan fingerprint density at radius 3 is 2.16 bits per heavy atom. The van der Waals surface area contributed by atoms with Crippen LogP contribution in [0.4, 0.5) is 10.5 Å². The van der Waals surface area contributed by atoms with E-state index in [0.717, 1.165) is 0 Å². The van der Waals surface area contributed by atoms with Crippen LogP contribution in [0, 0.1) is 5.92 Å². The molecule has 276 valence electrons.